The highest BCUT2D eigenvalue weighted by molar-refractivity contribution is 7.00. The summed E-state index contributed by atoms with van der Waals surface area (Å²) in [5.41, 5.74) is -6.20. The van der Waals surface area contributed by atoms with Crippen molar-refractivity contribution in [2.24, 2.45) is 0 Å². The number of urea groups is 2. The number of rotatable bonds is 8. The molecule has 4 aromatic heterocycles. The number of nitrogens with one attached hydrogen (secondary N) is 2. The fraction of sp³-hybridized carbons (Fsp3) is 0.333. The number of aliphatic hydroxyl groups is 1. The van der Waals surface area contributed by atoms with Crippen molar-refractivity contribution in [2.45, 2.75) is 37.9 Å². The van der Waals surface area contributed by atoms with Crippen molar-refractivity contribution in [3.63, 3.8) is 0 Å². The Balaban J connectivity index is 0.000000213. The molecule has 0 atom stereocenters. The number of benzene rings is 2. The minimum Gasteiger partial charge on any atom is -0.470 e. The molecular weight excluding hydrogens is 1100 g/mol. The van der Waals surface area contributed by atoms with Crippen LogP contribution in [-0.2, 0) is 37.9 Å². The number of hydrogen-bond acceptors (Lipinski definition) is 14. The summed E-state index contributed by atoms with van der Waals surface area (Å²) in [4.78, 5) is 37.8. The van der Waals surface area contributed by atoms with Gasteiger partial charge in [-0.3, -0.25) is 0 Å². The molecule has 2 aromatic carbocycles. The summed E-state index contributed by atoms with van der Waals surface area (Å²) in [6, 6.07) is 5.68. The zero-order valence-electron chi connectivity index (χ0n) is 37.6. The standard InChI is InChI=1S/C21H17F7N6O2S.C15H12ClF6N5OS.C6H6FNO/c22-16-7-12(1-2-29-16)11-36-18-17(31-37-32-18)33-3-5-34(6-4-33)19(35)30-15-9-13(20(23,24)25)8-14(10-15)21(26,27)28;16-11-12(25-29-24-11)26-1-3-27(4-2-26)13(28)23-10-6-8(14(17,18)19)5-9(7-10)15(20,21)22;7-6-3-5(4-9)1-2-8-6/h1-2,7-10H,3-6,11H2,(H,30,35);5-7H,1-4H2,(H,23,28);1-3,9H,4H2. The van der Waals surface area contributed by atoms with Gasteiger partial charge in [0, 0.05) is 76.1 Å². The van der Waals surface area contributed by atoms with E-state index in [2.05, 4.69) is 38.1 Å². The number of nitrogens with zero attached hydrogens (tertiary/aromatic N) is 10. The van der Waals surface area contributed by atoms with Crippen LogP contribution < -0.4 is 25.2 Å². The van der Waals surface area contributed by atoms with E-state index in [1.54, 1.807) is 21.9 Å². The van der Waals surface area contributed by atoms with Gasteiger partial charge in [0.25, 0.3) is 5.88 Å². The third kappa shape index (κ3) is 16.3. The molecule has 3 N–H and O–H groups in total. The minimum atomic E-state index is -5.03. The first-order valence-corrected chi connectivity index (χ1v) is 23.0. The lowest BCUT2D eigenvalue weighted by molar-refractivity contribution is -0.144. The summed E-state index contributed by atoms with van der Waals surface area (Å²) in [5, 5.41) is 12.9. The van der Waals surface area contributed by atoms with E-state index in [0.29, 0.717) is 60.1 Å². The summed E-state index contributed by atoms with van der Waals surface area (Å²) in [7, 11) is 0. The molecule has 0 bridgehead atoms. The second-order valence-corrected chi connectivity index (χ2v) is 17.0. The quantitative estimate of drug-likeness (QED) is 0.0972. The predicted molar refractivity (Wildman–Crippen MR) is 242 cm³/mol. The smallest absolute Gasteiger partial charge is 0.416 e. The molecule has 2 aliphatic rings. The van der Waals surface area contributed by atoms with E-state index in [4.69, 9.17) is 21.4 Å². The van der Waals surface area contributed by atoms with Crippen LogP contribution in [0.1, 0.15) is 33.4 Å². The number of anilines is 4. The molecule has 2 fully saturated rings. The Morgan fingerprint density at radius 1 is 0.560 bits per heavy atom. The molecule has 0 spiro atoms. The van der Waals surface area contributed by atoms with E-state index in [1.807, 2.05) is 0 Å². The molecule has 2 aliphatic heterocycles. The van der Waals surface area contributed by atoms with E-state index in [0.717, 1.165) is 23.5 Å². The molecule has 0 saturated carbocycles. The van der Waals surface area contributed by atoms with Crippen molar-refractivity contribution < 1.29 is 80.9 Å². The van der Waals surface area contributed by atoms with Crippen LogP contribution in [0.25, 0.3) is 0 Å². The molecule has 0 radical (unpaired) electrons. The van der Waals surface area contributed by atoms with Crippen molar-refractivity contribution in [1.29, 1.82) is 0 Å². The maximum atomic E-state index is 13.2. The fourth-order valence-electron chi connectivity index (χ4n) is 6.75. The second-order valence-electron chi connectivity index (χ2n) is 15.6. The number of ether oxygens (including phenoxy) is 1. The Labute approximate surface area is 427 Å². The van der Waals surface area contributed by atoms with Crippen LogP contribution in [0.3, 0.4) is 0 Å². The lowest BCUT2D eigenvalue weighted by Crippen LogP contribution is -2.50. The van der Waals surface area contributed by atoms with E-state index < -0.39 is 82.3 Å². The van der Waals surface area contributed by atoms with Crippen molar-refractivity contribution >= 4 is 70.1 Å². The molecule has 2 saturated heterocycles. The number of piperazine rings is 2. The molecular formula is C42H35ClF14N12O4S2. The maximum Gasteiger partial charge on any atom is 0.416 e. The number of aliphatic hydroxyl groups excluding tert-OH is 1. The average molecular weight is 1140 g/mol. The minimum absolute atomic E-state index is 0.0000582. The normalized spacial score (nSPS) is 14.3. The zero-order valence-corrected chi connectivity index (χ0v) is 40.0. The molecule has 4 amide bonds. The summed E-state index contributed by atoms with van der Waals surface area (Å²) in [6.07, 6.45) is -17.4. The topological polar surface area (TPSA) is 178 Å². The number of halogens is 15. The highest BCUT2D eigenvalue weighted by Crippen LogP contribution is 2.39. The lowest BCUT2D eigenvalue weighted by Gasteiger charge is -2.34. The van der Waals surface area contributed by atoms with Gasteiger partial charge < -0.3 is 40.1 Å². The molecule has 404 valence electrons. The second kappa shape index (κ2) is 24.2. The molecule has 16 nitrogen and oxygen atoms in total. The van der Waals surface area contributed by atoms with Gasteiger partial charge in [-0.25, -0.2) is 19.6 Å². The molecule has 0 unspecified atom stereocenters. The average Bonchev–Trinajstić information content (AvgIpc) is 4.01. The van der Waals surface area contributed by atoms with Crippen LogP contribution in [-0.4, -0.2) is 107 Å². The number of amides is 4. The molecule has 8 rings (SSSR count). The van der Waals surface area contributed by atoms with Gasteiger partial charge in [0.2, 0.25) is 17.7 Å². The first kappa shape index (κ1) is 57.4. The van der Waals surface area contributed by atoms with Gasteiger partial charge in [-0.05, 0) is 71.8 Å². The lowest BCUT2D eigenvalue weighted by atomic mass is 10.1. The first-order chi connectivity index (χ1) is 35.2. The third-order valence-electron chi connectivity index (χ3n) is 10.4. The number of hydrogen-bond donors (Lipinski definition) is 3. The Kier molecular flexibility index (Phi) is 18.5. The van der Waals surface area contributed by atoms with Gasteiger partial charge in [-0.1, -0.05) is 11.6 Å². The number of carbonyl (C=O) groups is 2. The van der Waals surface area contributed by atoms with Gasteiger partial charge >= 0.3 is 36.8 Å². The van der Waals surface area contributed by atoms with Crippen LogP contribution in [0.15, 0.2) is 73.1 Å². The summed E-state index contributed by atoms with van der Waals surface area (Å²) in [6.45, 7) is 1.56. The number of pyridine rings is 2. The Hall–Kier alpha value is -6.93. The van der Waals surface area contributed by atoms with E-state index >= 15 is 0 Å². The van der Waals surface area contributed by atoms with Gasteiger partial charge in [0.1, 0.15) is 6.61 Å². The van der Waals surface area contributed by atoms with E-state index in [1.165, 1.54) is 34.3 Å². The highest BCUT2D eigenvalue weighted by Gasteiger charge is 2.39. The van der Waals surface area contributed by atoms with Crippen molar-refractivity contribution in [2.75, 3.05) is 72.8 Å². The van der Waals surface area contributed by atoms with Gasteiger partial charge in [-0.15, -0.1) is 4.37 Å². The van der Waals surface area contributed by atoms with E-state index in [9.17, 15) is 71.1 Å². The first-order valence-electron chi connectivity index (χ1n) is 21.1. The zero-order chi connectivity index (χ0) is 54.9. The van der Waals surface area contributed by atoms with Crippen LogP contribution in [0.2, 0.25) is 5.15 Å². The van der Waals surface area contributed by atoms with Gasteiger partial charge in [0.15, 0.2) is 11.0 Å². The Morgan fingerprint density at radius 3 is 1.32 bits per heavy atom. The fourth-order valence-corrected chi connectivity index (χ4v) is 8.05. The van der Waals surface area contributed by atoms with Crippen LogP contribution in [0, 0.1) is 11.9 Å². The number of carbonyl (C=O) groups excluding carboxylic acids is 2. The monoisotopic (exact) mass is 1140 g/mol. The SMILES string of the molecule is O=C(Nc1cc(C(F)(F)F)cc(C(F)(F)F)c1)N1CCN(c2nsnc2Cl)CC1.O=C(Nc1cc(C(F)(F)F)cc(C(F)(F)F)c1)N1CCN(c2nsnc2OCc2ccnc(F)c2)CC1.OCc1ccnc(F)c1. The number of alkyl halides is 12. The molecule has 0 aliphatic carbocycles. The van der Waals surface area contributed by atoms with Crippen molar-refractivity contribution in [3.05, 3.63) is 123 Å². The van der Waals surface area contributed by atoms with Crippen LogP contribution >= 0.6 is 35.1 Å². The molecule has 6 aromatic rings. The van der Waals surface area contributed by atoms with E-state index in [-0.39, 0.29) is 75.6 Å². The maximum absolute atomic E-state index is 13.2. The molecule has 33 heteroatoms. The Bertz CT molecular complexity index is 2830. The third-order valence-corrected chi connectivity index (χ3v) is 11.8. The number of aromatic nitrogens is 6. The predicted octanol–water partition coefficient (Wildman–Crippen LogP) is 10.3. The largest absolute Gasteiger partial charge is 0.470 e. The van der Waals surface area contributed by atoms with Gasteiger partial charge in [-0.2, -0.15) is 74.6 Å². The molecule has 75 heavy (non-hydrogen) atoms. The van der Waals surface area contributed by atoms with Crippen LogP contribution in [0.5, 0.6) is 5.88 Å². The summed E-state index contributed by atoms with van der Waals surface area (Å²) >= 11 is 7.71. The van der Waals surface area contributed by atoms with Crippen LogP contribution in [0.4, 0.5) is 94.1 Å². The van der Waals surface area contributed by atoms with Crippen molar-refractivity contribution in [1.82, 2.24) is 37.3 Å². The molecule has 6 heterocycles. The van der Waals surface area contributed by atoms with Crippen molar-refractivity contribution in [3.8, 4) is 5.88 Å². The highest BCUT2D eigenvalue weighted by atomic mass is 35.5. The summed E-state index contributed by atoms with van der Waals surface area (Å²) < 4.78 is 203. The van der Waals surface area contributed by atoms with Gasteiger partial charge in [0.05, 0.1) is 52.3 Å². The summed E-state index contributed by atoms with van der Waals surface area (Å²) in [5.74, 6) is -0.158. The Morgan fingerprint density at radius 2 is 0.947 bits per heavy atom.